The number of aromatic nitrogens is 3. The molecule has 0 N–H and O–H groups in total. The van der Waals surface area contributed by atoms with Gasteiger partial charge in [0.1, 0.15) is 0 Å². The fourth-order valence-electron chi connectivity index (χ4n) is 5.67. The Morgan fingerprint density at radius 2 is 1.46 bits per heavy atom. The van der Waals surface area contributed by atoms with Crippen molar-refractivity contribution in [1.29, 1.82) is 0 Å². The van der Waals surface area contributed by atoms with E-state index in [9.17, 15) is 4.79 Å². The number of esters is 1. The van der Waals surface area contributed by atoms with Gasteiger partial charge in [-0.2, -0.15) is 0 Å². The Kier molecular flexibility index (Phi) is 5.21. The van der Waals surface area contributed by atoms with E-state index in [1.807, 2.05) is 12.1 Å². The Morgan fingerprint density at radius 3 is 2.14 bits per heavy atom. The molecule has 4 heterocycles. The van der Waals surface area contributed by atoms with Crippen LogP contribution in [0.1, 0.15) is 60.3 Å². The van der Waals surface area contributed by atoms with Crippen LogP contribution in [0, 0.1) is 0 Å². The molecule has 1 atom stereocenters. The normalized spacial score (nSPS) is 17.3. The molecule has 3 aromatic heterocycles. The third kappa shape index (κ3) is 3.14. The van der Waals surface area contributed by atoms with Crippen LogP contribution in [0.5, 0.6) is 0 Å². The van der Waals surface area contributed by atoms with Crippen molar-refractivity contribution in [3.05, 3.63) is 102 Å². The van der Waals surface area contributed by atoms with Crippen molar-refractivity contribution >= 4 is 27.8 Å². The molecular formula is C30H29N3O2. The summed E-state index contributed by atoms with van der Waals surface area (Å²) in [7, 11) is 0. The fourth-order valence-corrected chi connectivity index (χ4v) is 5.67. The first kappa shape index (κ1) is 21.7. The summed E-state index contributed by atoms with van der Waals surface area (Å²) in [5.41, 5.74) is 4.38. The smallest absolute Gasteiger partial charge is 0.358 e. The Labute approximate surface area is 205 Å². The van der Waals surface area contributed by atoms with E-state index in [0.29, 0.717) is 5.69 Å². The standard InChI is InChI=1S/C30H29N3O2/c1-3-5-10-18-33-20-25(22-13-7-9-16-27(22)33)30(23-14-11-17-31-28(23)29(34)35-30)24-19-32(4-2)26-15-8-6-12-21(24)26/h6-9,11-17,19-20H,3-5,10,18H2,1-2H3. The van der Waals surface area contributed by atoms with E-state index in [0.717, 1.165) is 58.0 Å². The van der Waals surface area contributed by atoms with Crippen LogP contribution in [0.4, 0.5) is 0 Å². The second-order valence-electron chi connectivity index (χ2n) is 9.28. The van der Waals surface area contributed by atoms with Crippen molar-refractivity contribution in [2.75, 3.05) is 0 Å². The second-order valence-corrected chi connectivity index (χ2v) is 9.28. The van der Waals surface area contributed by atoms with Crippen molar-refractivity contribution in [2.45, 2.75) is 51.8 Å². The highest BCUT2D eigenvalue weighted by Gasteiger charge is 2.52. The number of benzene rings is 2. The molecule has 0 saturated heterocycles. The lowest BCUT2D eigenvalue weighted by molar-refractivity contribution is 0.0256. The lowest BCUT2D eigenvalue weighted by Gasteiger charge is -2.29. The van der Waals surface area contributed by atoms with Gasteiger partial charge in [0, 0.05) is 70.2 Å². The SMILES string of the molecule is CCCCCn1cc(C2(c3cn(CC)c4ccccc34)OC(=O)c3ncccc32)c2ccccc21. The molecule has 5 nitrogen and oxygen atoms in total. The number of carbonyl (C=O) groups excluding carboxylic acids is 1. The maximum absolute atomic E-state index is 13.3. The molecule has 2 aromatic carbocycles. The first-order valence-electron chi connectivity index (χ1n) is 12.5. The van der Waals surface area contributed by atoms with E-state index in [2.05, 4.69) is 88.9 Å². The average Bonchev–Trinajstić information content (AvgIpc) is 3.55. The van der Waals surface area contributed by atoms with E-state index in [4.69, 9.17) is 4.74 Å². The summed E-state index contributed by atoms with van der Waals surface area (Å²) >= 11 is 0. The van der Waals surface area contributed by atoms with Crippen LogP contribution < -0.4 is 0 Å². The highest BCUT2D eigenvalue weighted by atomic mass is 16.6. The van der Waals surface area contributed by atoms with Crippen molar-refractivity contribution in [1.82, 2.24) is 14.1 Å². The maximum Gasteiger partial charge on any atom is 0.358 e. The van der Waals surface area contributed by atoms with Crippen molar-refractivity contribution in [3.63, 3.8) is 0 Å². The molecule has 5 heteroatoms. The first-order chi connectivity index (χ1) is 17.2. The van der Waals surface area contributed by atoms with E-state index in [1.165, 1.54) is 12.8 Å². The molecule has 0 amide bonds. The van der Waals surface area contributed by atoms with Crippen LogP contribution in [0.2, 0.25) is 0 Å². The van der Waals surface area contributed by atoms with Crippen LogP contribution in [0.25, 0.3) is 21.8 Å². The van der Waals surface area contributed by atoms with E-state index in [-0.39, 0.29) is 5.97 Å². The first-order valence-corrected chi connectivity index (χ1v) is 12.5. The second kappa shape index (κ2) is 8.42. The molecule has 6 rings (SSSR count). The van der Waals surface area contributed by atoms with Gasteiger partial charge in [-0.25, -0.2) is 9.78 Å². The molecule has 0 aliphatic carbocycles. The van der Waals surface area contributed by atoms with Gasteiger partial charge in [0.15, 0.2) is 11.3 Å². The number of hydrogen-bond donors (Lipinski definition) is 0. The number of unbranched alkanes of at least 4 members (excludes halogenated alkanes) is 2. The van der Waals surface area contributed by atoms with E-state index < -0.39 is 5.60 Å². The number of hydrogen-bond acceptors (Lipinski definition) is 3. The monoisotopic (exact) mass is 463 g/mol. The summed E-state index contributed by atoms with van der Waals surface area (Å²) in [5, 5.41) is 2.18. The van der Waals surface area contributed by atoms with Gasteiger partial charge < -0.3 is 13.9 Å². The number of para-hydroxylation sites is 2. The Hall–Kier alpha value is -3.86. The largest absolute Gasteiger partial charge is 0.439 e. The summed E-state index contributed by atoms with van der Waals surface area (Å²) in [6.45, 7) is 6.11. The highest BCUT2D eigenvalue weighted by Crippen LogP contribution is 2.51. The van der Waals surface area contributed by atoms with Crippen molar-refractivity contribution in [3.8, 4) is 0 Å². The van der Waals surface area contributed by atoms with Gasteiger partial charge in [-0.1, -0.05) is 62.2 Å². The molecule has 176 valence electrons. The molecule has 0 radical (unpaired) electrons. The summed E-state index contributed by atoms with van der Waals surface area (Å²) in [4.78, 5) is 17.7. The number of ether oxygens (including phenoxy) is 1. The number of pyridine rings is 1. The fraction of sp³-hybridized carbons (Fsp3) is 0.267. The van der Waals surface area contributed by atoms with Gasteiger partial charge in [0.05, 0.1) is 0 Å². The zero-order chi connectivity index (χ0) is 24.0. The Bertz CT molecular complexity index is 1560. The van der Waals surface area contributed by atoms with Gasteiger partial charge in [-0.15, -0.1) is 0 Å². The van der Waals surface area contributed by atoms with Gasteiger partial charge in [-0.3, -0.25) is 0 Å². The van der Waals surface area contributed by atoms with Crippen LogP contribution in [0.15, 0.2) is 79.3 Å². The molecule has 5 aromatic rings. The van der Waals surface area contributed by atoms with Gasteiger partial charge in [0.25, 0.3) is 0 Å². The van der Waals surface area contributed by atoms with Gasteiger partial charge in [0.2, 0.25) is 0 Å². The van der Waals surface area contributed by atoms with Crippen LogP contribution in [-0.2, 0) is 23.4 Å². The summed E-state index contributed by atoms with van der Waals surface area (Å²) in [5.74, 6) is -0.378. The maximum atomic E-state index is 13.3. The molecule has 1 unspecified atom stereocenters. The number of fused-ring (bicyclic) bond motifs is 3. The minimum Gasteiger partial charge on any atom is -0.439 e. The van der Waals surface area contributed by atoms with E-state index >= 15 is 0 Å². The predicted octanol–water partition coefficient (Wildman–Crippen LogP) is 6.66. The van der Waals surface area contributed by atoms with Gasteiger partial charge in [-0.05, 0) is 31.5 Å². The van der Waals surface area contributed by atoms with E-state index in [1.54, 1.807) is 6.20 Å². The summed E-state index contributed by atoms with van der Waals surface area (Å²) in [6, 6.07) is 20.7. The minimum absolute atomic E-state index is 0.378. The van der Waals surface area contributed by atoms with Crippen LogP contribution in [0.3, 0.4) is 0 Å². The molecule has 0 fully saturated rings. The summed E-state index contributed by atoms with van der Waals surface area (Å²) < 4.78 is 11.0. The van der Waals surface area contributed by atoms with Crippen LogP contribution in [-0.4, -0.2) is 20.1 Å². The average molecular weight is 464 g/mol. The zero-order valence-electron chi connectivity index (χ0n) is 20.2. The molecular weight excluding hydrogens is 434 g/mol. The summed E-state index contributed by atoms with van der Waals surface area (Å²) in [6.07, 6.45) is 9.48. The third-order valence-electron chi connectivity index (χ3n) is 7.31. The lowest BCUT2D eigenvalue weighted by atomic mass is 9.80. The molecule has 35 heavy (non-hydrogen) atoms. The van der Waals surface area contributed by atoms with Crippen molar-refractivity contribution in [2.24, 2.45) is 0 Å². The van der Waals surface area contributed by atoms with Crippen molar-refractivity contribution < 1.29 is 9.53 Å². The van der Waals surface area contributed by atoms with Crippen LogP contribution >= 0.6 is 0 Å². The molecule has 0 saturated carbocycles. The third-order valence-corrected chi connectivity index (χ3v) is 7.31. The number of aryl methyl sites for hydroxylation is 2. The van der Waals surface area contributed by atoms with Gasteiger partial charge >= 0.3 is 5.97 Å². The Morgan fingerprint density at radius 1 is 0.800 bits per heavy atom. The number of carbonyl (C=O) groups is 1. The zero-order valence-corrected chi connectivity index (χ0v) is 20.2. The molecule has 0 bridgehead atoms. The quantitative estimate of drug-likeness (QED) is 0.200. The molecule has 0 spiro atoms. The number of nitrogens with zero attached hydrogens (tertiary/aromatic N) is 3. The highest BCUT2D eigenvalue weighted by molar-refractivity contribution is 5.99. The minimum atomic E-state index is -1.07. The topological polar surface area (TPSA) is 49.0 Å². The molecule has 1 aliphatic rings. The number of rotatable bonds is 7. The lowest BCUT2D eigenvalue weighted by Crippen LogP contribution is -2.29. The molecule has 1 aliphatic heterocycles. The number of cyclic esters (lactones) is 1. The Balaban J connectivity index is 1.70. The predicted molar refractivity (Wildman–Crippen MR) is 139 cm³/mol.